The lowest BCUT2D eigenvalue weighted by Crippen LogP contribution is -1.81. The number of benzene rings is 2. The highest BCUT2D eigenvalue weighted by atomic mass is 28.1. The largest absolute Gasteiger partial charge is 0.457 e. The number of ether oxygens (including phenoxy) is 1. The molecule has 0 aliphatic carbocycles. The van der Waals surface area contributed by atoms with Gasteiger partial charge in [0.25, 0.3) is 0 Å². The van der Waals surface area contributed by atoms with Crippen LogP contribution in [0.4, 0.5) is 0 Å². The van der Waals surface area contributed by atoms with Gasteiger partial charge in [0.05, 0.1) is 0 Å². The molecule has 0 aromatic heterocycles. The summed E-state index contributed by atoms with van der Waals surface area (Å²) in [7, 11) is 0. The van der Waals surface area contributed by atoms with Gasteiger partial charge in [-0.15, -0.1) is 0 Å². The van der Waals surface area contributed by atoms with Crippen molar-refractivity contribution in [1.82, 2.24) is 0 Å². The minimum Gasteiger partial charge on any atom is -0.457 e. The fourth-order valence-electron chi connectivity index (χ4n) is 1.11. The van der Waals surface area contributed by atoms with Crippen molar-refractivity contribution >= 4 is 11.0 Å². The third-order valence-electron chi connectivity index (χ3n) is 1.72. The molecule has 2 rings (SSSR count). The van der Waals surface area contributed by atoms with Gasteiger partial charge in [0.2, 0.25) is 0 Å². The summed E-state index contributed by atoms with van der Waals surface area (Å²) in [6.45, 7) is 0. The first kappa shape index (κ1) is 10.5. The molecule has 2 aromatic rings. The smallest absolute Gasteiger partial charge is 0.127 e. The van der Waals surface area contributed by atoms with Gasteiger partial charge in [-0.25, -0.2) is 0 Å². The van der Waals surface area contributed by atoms with Crippen molar-refractivity contribution in [3.05, 3.63) is 60.7 Å². The molecule has 14 heavy (non-hydrogen) atoms. The highest BCUT2D eigenvalue weighted by Crippen LogP contribution is 2.19. The van der Waals surface area contributed by atoms with E-state index in [2.05, 4.69) is 0 Å². The number of hydrogen-bond acceptors (Lipinski definition) is 1. The highest BCUT2D eigenvalue weighted by Gasteiger charge is 1.92. The third-order valence-corrected chi connectivity index (χ3v) is 1.72. The fraction of sp³-hybridized carbons (Fsp3) is 0. The zero-order valence-corrected chi connectivity index (χ0v) is 8.68. The van der Waals surface area contributed by atoms with Gasteiger partial charge in [0, 0.05) is 11.0 Å². The van der Waals surface area contributed by atoms with Crippen LogP contribution in [-0.4, -0.2) is 11.0 Å². The lowest BCUT2D eigenvalue weighted by atomic mass is 10.3. The first-order chi connectivity index (χ1) is 6.45. The van der Waals surface area contributed by atoms with Crippen molar-refractivity contribution in [2.75, 3.05) is 0 Å². The number of hydrogen-bond donors (Lipinski definition) is 0. The topological polar surface area (TPSA) is 9.23 Å². The first-order valence-corrected chi connectivity index (χ1v) is 4.23. The Morgan fingerprint density at radius 2 is 0.929 bits per heavy atom. The van der Waals surface area contributed by atoms with E-state index in [0.717, 1.165) is 11.5 Å². The van der Waals surface area contributed by atoms with Crippen LogP contribution < -0.4 is 4.74 Å². The van der Waals surface area contributed by atoms with Gasteiger partial charge in [0.15, 0.2) is 0 Å². The summed E-state index contributed by atoms with van der Waals surface area (Å²) in [4.78, 5) is 0. The summed E-state index contributed by atoms with van der Waals surface area (Å²) >= 11 is 0. The summed E-state index contributed by atoms with van der Waals surface area (Å²) < 4.78 is 5.58. The van der Waals surface area contributed by atoms with Gasteiger partial charge < -0.3 is 4.74 Å². The van der Waals surface area contributed by atoms with Crippen LogP contribution in [0.5, 0.6) is 11.5 Å². The Labute approximate surface area is 88.4 Å². The minimum absolute atomic E-state index is 0. The zero-order valence-electron chi connectivity index (χ0n) is 7.68. The molecular formula is C12H10OSi. The molecular weight excluding hydrogens is 188 g/mol. The van der Waals surface area contributed by atoms with Gasteiger partial charge in [0.1, 0.15) is 11.5 Å². The molecule has 0 fully saturated rings. The molecule has 0 heterocycles. The lowest BCUT2D eigenvalue weighted by molar-refractivity contribution is 0.482. The van der Waals surface area contributed by atoms with Crippen molar-refractivity contribution in [3.8, 4) is 11.5 Å². The van der Waals surface area contributed by atoms with Crippen LogP contribution in [0.25, 0.3) is 0 Å². The second kappa shape index (κ2) is 5.24. The molecule has 2 heteroatoms. The second-order valence-corrected chi connectivity index (χ2v) is 2.73. The summed E-state index contributed by atoms with van der Waals surface area (Å²) in [5.41, 5.74) is 0. The predicted octanol–water partition coefficient (Wildman–Crippen LogP) is 3.10. The molecule has 0 atom stereocenters. The molecule has 0 unspecified atom stereocenters. The van der Waals surface area contributed by atoms with E-state index in [1.165, 1.54) is 0 Å². The van der Waals surface area contributed by atoms with Gasteiger partial charge in [-0.2, -0.15) is 0 Å². The minimum atomic E-state index is 0. The number of rotatable bonds is 2. The Balaban J connectivity index is 0.000000980. The normalized spacial score (nSPS) is 8.86. The average Bonchev–Trinajstić information content (AvgIpc) is 2.21. The van der Waals surface area contributed by atoms with E-state index in [9.17, 15) is 0 Å². The molecule has 2 aromatic carbocycles. The van der Waals surface area contributed by atoms with Crippen molar-refractivity contribution in [1.29, 1.82) is 0 Å². The molecule has 1 nitrogen and oxygen atoms in total. The van der Waals surface area contributed by atoms with E-state index >= 15 is 0 Å². The van der Waals surface area contributed by atoms with E-state index in [-0.39, 0.29) is 11.0 Å². The monoisotopic (exact) mass is 198 g/mol. The Morgan fingerprint density at radius 3 is 1.29 bits per heavy atom. The Morgan fingerprint density at radius 1 is 0.571 bits per heavy atom. The summed E-state index contributed by atoms with van der Waals surface area (Å²) in [5, 5.41) is 0. The van der Waals surface area contributed by atoms with Crippen molar-refractivity contribution in [2.45, 2.75) is 0 Å². The van der Waals surface area contributed by atoms with E-state index < -0.39 is 0 Å². The van der Waals surface area contributed by atoms with Gasteiger partial charge >= 0.3 is 0 Å². The standard InChI is InChI=1S/C12H10O.Si/c1-3-7-11(8-4-1)13-12-9-5-2-6-10-12;/h1-10H;. The molecule has 0 aliphatic heterocycles. The van der Waals surface area contributed by atoms with Crippen molar-refractivity contribution in [3.63, 3.8) is 0 Å². The predicted molar refractivity (Wildman–Crippen MR) is 58.7 cm³/mol. The Hall–Kier alpha value is -1.54. The molecule has 0 spiro atoms. The summed E-state index contributed by atoms with van der Waals surface area (Å²) in [6.07, 6.45) is 0. The van der Waals surface area contributed by atoms with E-state index in [0.29, 0.717) is 0 Å². The molecule has 0 amide bonds. The van der Waals surface area contributed by atoms with E-state index in [4.69, 9.17) is 4.74 Å². The van der Waals surface area contributed by atoms with Crippen LogP contribution in [0, 0.1) is 0 Å². The van der Waals surface area contributed by atoms with E-state index in [1.54, 1.807) is 0 Å². The van der Waals surface area contributed by atoms with Gasteiger partial charge in [-0.05, 0) is 24.3 Å². The summed E-state index contributed by atoms with van der Waals surface area (Å²) in [6, 6.07) is 19.5. The van der Waals surface area contributed by atoms with Gasteiger partial charge in [-0.3, -0.25) is 0 Å². The van der Waals surface area contributed by atoms with Crippen LogP contribution in [0.3, 0.4) is 0 Å². The van der Waals surface area contributed by atoms with E-state index in [1.807, 2.05) is 60.7 Å². The lowest BCUT2D eigenvalue weighted by Gasteiger charge is -2.03. The van der Waals surface area contributed by atoms with Crippen LogP contribution in [0.2, 0.25) is 0 Å². The quantitative estimate of drug-likeness (QED) is 0.674. The molecule has 0 saturated carbocycles. The molecule has 0 bridgehead atoms. The SMILES string of the molecule is [Si].c1ccc(Oc2ccccc2)cc1. The maximum absolute atomic E-state index is 5.58. The highest BCUT2D eigenvalue weighted by molar-refractivity contribution is 5.75. The average molecular weight is 198 g/mol. The number of para-hydroxylation sites is 2. The van der Waals surface area contributed by atoms with Crippen LogP contribution in [0.15, 0.2) is 60.7 Å². The van der Waals surface area contributed by atoms with Crippen LogP contribution >= 0.6 is 0 Å². The van der Waals surface area contributed by atoms with Crippen molar-refractivity contribution in [2.24, 2.45) is 0 Å². The third kappa shape index (κ3) is 2.75. The first-order valence-electron chi connectivity index (χ1n) is 4.23. The second-order valence-electron chi connectivity index (χ2n) is 2.73. The molecule has 0 N–H and O–H groups in total. The van der Waals surface area contributed by atoms with Gasteiger partial charge in [-0.1, -0.05) is 36.4 Å². The van der Waals surface area contributed by atoms with Crippen LogP contribution in [-0.2, 0) is 0 Å². The Bertz CT molecular complexity index is 321. The molecule has 0 saturated heterocycles. The maximum atomic E-state index is 5.58. The van der Waals surface area contributed by atoms with Crippen molar-refractivity contribution < 1.29 is 4.74 Å². The fourth-order valence-corrected chi connectivity index (χ4v) is 1.11. The Kier molecular flexibility index (Phi) is 3.95. The van der Waals surface area contributed by atoms with Crippen LogP contribution in [0.1, 0.15) is 0 Å². The molecule has 68 valence electrons. The molecule has 4 radical (unpaired) electrons. The molecule has 0 aliphatic rings. The maximum Gasteiger partial charge on any atom is 0.127 e. The summed E-state index contributed by atoms with van der Waals surface area (Å²) in [5.74, 6) is 1.74. The zero-order chi connectivity index (χ0) is 8.93.